The number of anilines is 2. The zero-order valence-electron chi connectivity index (χ0n) is 14.2. The largest absolute Gasteiger partial charge is 0.478 e. The number of carboxylic acid groups (broad SMARTS) is 1. The maximum absolute atomic E-state index is 12.1. The van der Waals surface area contributed by atoms with Gasteiger partial charge in [-0.1, -0.05) is 12.1 Å². The van der Waals surface area contributed by atoms with Crippen molar-refractivity contribution in [2.24, 2.45) is 4.40 Å². The normalized spacial score (nSPS) is 14.4. The molecule has 0 saturated carbocycles. The van der Waals surface area contributed by atoms with Crippen molar-refractivity contribution in [3.63, 3.8) is 0 Å². The molecule has 0 fully saturated rings. The minimum atomic E-state index is -3.72. The van der Waals surface area contributed by atoms with E-state index in [1.807, 2.05) is 0 Å². The molecule has 3 rings (SSSR count). The van der Waals surface area contributed by atoms with Crippen LogP contribution in [-0.2, 0) is 14.8 Å². The molecule has 8 nitrogen and oxygen atoms in total. The summed E-state index contributed by atoms with van der Waals surface area (Å²) >= 11 is 0. The van der Waals surface area contributed by atoms with E-state index in [4.69, 9.17) is 5.11 Å². The van der Waals surface area contributed by atoms with Crippen LogP contribution in [0.1, 0.15) is 29.6 Å². The number of aromatic carboxylic acids is 1. The molecular formula is C18H17N3O5S. The van der Waals surface area contributed by atoms with Crippen LogP contribution in [0.25, 0.3) is 0 Å². The first-order chi connectivity index (χ1) is 12.8. The van der Waals surface area contributed by atoms with Crippen molar-refractivity contribution in [2.45, 2.75) is 24.2 Å². The highest BCUT2D eigenvalue weighted by Crippen LogP contribution is 2.27. The van der Waals surface area contributed by atoms with Crippen LogP contribution < -0.4 is 10.6 Å². The highest BCUT2D eigenvalue weighted by atomic mass is 32.2. The van der Waals surface area contributed by atoms with E-state index in [9.17, 15) is 18.0 Å². The number of hydrogen-bond acceptors (Lipinski definition) is 5. The Morgan fingerprint density at radius 2 is 1.78 bits per heavy atom. The first-order valence-corrected chi connectivity index (χ1v) is 9.62. The quantitative estimate of drug-likeness (QED) is 0.700. The number of rotatable bonds is 6. The predicted octanol–water partition coefficient (Wildman–Crippen LogP) is 2.71. The van der Waals surface area contributed by atoms with Crippen molar-refractivity contribution >= 4 is 39.1 Å². The smallest absolute Gasteiger partial charge is 0.335 e. The summed E-state index contributed by atoms with van der Waals surface area (Å²) in [5.74, 6) is -0.991. The molecule has 0 aliphatic carbocycles. The van der Waals surface area contributed by atoms with Crippen LogP contribution in [0.5, 0.6) is 0 Å². The molecule has 9 heteroatoms. The van der Waals surface area contributed by atoms with Gasteiger partial charge in [0.25, 0.3) is 10.0 Å². The highest BCUT2D eigenvalue weighted by molar-refractivity contribution is 7.90. The van der Waals surface area contributed by atoms with E-state index in [-0.39, 0.29) is 22.8 Å². The van der Waals surface area contributed by atoms with Crippen molar-refractivity contribution in [2.75, 3.05) is 10.6 Å². The van der Waals surface area contributed by atoms with Crippen molar-refractivity contribution < 1.29 is 23.1 Å². The molecular weight excluding hydrogens is 370 g/mol. The second kappa shape index (κ2) is 7.58. The van der Waals surface area contributed by atoms with Crippen LogP contribution >= 0.6 is 0 Å². The lowest BCUT2D eigenvalue weighted by Gasteiger charge is -2.17. The third kappa shape index (κ3) is 4.50. The summed E-state index contributed by atoms with van der Waals surface area (Å²) in [5.41, 5.74) is 1.11. The Morgan fingerprint density at radius 1 is 1.07 bits per heavy atom. The summed E-state index contributed by atoms with van der Waals surface area (Å²) in [7, 11) is -3.72. The fraction of sp³-hybridized carbons (Fsp3) is 0.167. The number of carboxylic acids is 1. The summed E-state index contributed by atoms with van der Waals surface area (Å²) < 4.78 is 28.0. The molecule has 1 aliphatic rings. The molecule has 1 heterocycles. The Bertz CT molecular complexity index is 1010. The van der Waals surface area contributed by atoms with Crippen molar-refractivity contribution in [3.05, 3.63) is 54.1 Å². The fourth-order valence-electron chi connectivity index (χ4n) is 2.61. The number of carbonyl (C=O) groups is 2. The van der Waals surface area contributed by atoms with Gasteiger partial charge in [0.15, 0.2) is 0 Å². The number of carbonyl (C=O) groups excluding carboxylic acids is 1. The maximum Gasteiger partial charge on any atom is 0.335 e. The second-order valence-corrected chi connectivity index (χ2v) is 7.49. The van der Waals surface area contributed by atoms with Crippen LogP contribution in [0, 0.1) is 0 Å². The second-order valence-electron chi connectivity index (χ2n) is 5.92. The van der Waals surface area contributed by atoms with Gasteiger partial charge in [0.2, 0.25) is 5.91 Å². The number of nitrogens with zero attached hydrogens (tertiary/aromatic N) is 1. The van der Waals surface area contributed by atoms with Gasteiger partial charge in [-0.3, -0.25) is 4.79 Å². The van der Waals surface area contributed by atoms with Gasteiger partial charge in [0.1, 0.15) is 10.7 Å². The molecule has 0 bridgehead atoms. The minimum Gasteiger partial charge on any atom is -0.478 e. The van der Waals surface area contributed by atoms with E-state index in [1.54, 1.807) is 18.2 Å². The molecule has 0 spiro atoms. The molecule has 3 N–H and O–H groups in total. The molecule has 0 saturated heterocycles. The number of amidine groups is 1. The van der Waals surface area contributed by atoms with Gasteiger partial charge < -0.3 is 15.7 Å². The van der Waals surface area contributed by atoms with Crippen LogP contribution in [0.3, 0.4) is 0 Å². The zero-order chi connectivity index (χ0) is 19.4. The first kappa shape index (κ1) is 18.6. The van der Waals surface area contributed by atoms with E-state index in [0.29, 0.717) is 30.1 Å². The number of sulfonamides is 1. The number of amides is 1. The Kier molecular flexibility index (Phi) is 5.22. The third-order valence-electron chi connectivity index (χ3n) is 3.91. The van der Waals surface area contributed by atoms with Crippen molar-refractivity contribution in [1.82, 2.24) is 0 Å². The maximum atomic E-state index is 12.1. The number of hydrogen-bond donors (Lipinski definition) is 3. The Morgan fingerprint density at radius 3 is 2.48 bits per heavy atom. The standard InChI is InChI=1S/C18H17N3O5S/c22-17(19-13-10-8-12(9-11-13)18(23)24)7-3-6-16-20-14-4-1-2-5-15(14)27(25,26)21-16/h1-2,4-5,8-11H,3,6-7H2,(H,19,22)(H,20,21)(H,23,24). The lowest BCUT2D eigenvalue weighted by molar-refractivity contribution is -0.116. The first-order valence-electron chi connectivity index (χ1n) is 8.18. The average Bonchev–Trinajstić information content (AvgIpc) is 2.61. The number of para-hydroxylation sites is 1. The molecule has 0 atom stereocenters. The lowest BCUT2D eigenvalue weighted by Crippen LogP contribution is -2.22. The summed E-state index contributed by atoms with van der Waals surface area (Å²) in [5, 5.41) is 14.5. The molecule has 27 heavy (non-hydrogen) atoms. The van der Waals surface area contributed by atoms with Crippen molar-refractivity contribution in [3.8, 4) is 0 Å². The Balaban J connectivity index is 1.53. The van der Waals surface area contributed by atoms with Gasteiger partial charge in [-0.15, -0.1) is 4.40 Å². The molecule has 0 aromatic heterocycles. The number of nitrogens with one attached hydrogen (secondary N) is 2. The van der Waals surface area contributed by atoms with E-state index in [2.05, 4.69) is 15.0 Å². The van der Waals surface area contributed by atoms with Crippen LogP contribution in [-0.4, -0.2) is 31.2 Å². The zero-order valence-corrected chi connectivity index (χ0v) is 15.0. The van der Waals surface area contributed by atoms with E-state index < -0.39 is 16.0 Å². The van der Waals surface area contributed by atoms with Gasteiger partial charge in [-0.25, -0.2) is 4.79 Å². The van der Waals surface area contributed by atoms with Gasteiger partial charge >= 0.3 is 5.97 Å². The van der Waals surface area contributed by atoms with E-state index in [1.165, 1.54) is 30.3 Å². The van der Waals surface area contributed by atoms with Gasteiger partial charge in [0.05, 0.1) is 11.3 Å². The molecule has 1 aliphatic heterocycles. The number of fused-ring (bicyclic) bond motifs is 1. The van der Waals surface area contributed by atoms with Gasteiger partial charge in [0, 0.05) is 18.5 Å². The van der Waals surface area contributed by atoms with E-state index >= 15 is 0 Å². The topological polar surface area (TPSA) is 125 Å². The van der Waals surface area contributed by atoms with Crippen LogP contribution in [0.4, 0.5) is 11.4 Å². The average molecular weight is 387 g/mol. The lowest BCUT2D eigenvalue weighted by atomic mass is 10.2. The Labute approximate surface area is 156 Å². The molecule has 2 aromatic rings. The van der Waals surface area contributed by atoms with Crippen molar-refractivity contribution in [1.29, 1.82) is 0 Å². The SMILES string of the molecule is O=C(CCCC1=NS(=O)(=O)c2ccccc2N1)Nc1ccc(C(=O)O)cc1. The van der Waals surface area contributed by atoms with Gasteiger partial charge in [-0.05, 0) is 42.8 Å². The molecule has 1 amide bonds. The summed E-state index contributed by atoms with van der Waals surface area (Å²) in [6.45, 7) is 0. The number of benzene rings is 2. The fourth-order valence-corrected chi connectivity index (χ4v) is 3.78. The Hall–Kier alpha value is -3.20. The van der Waals surface area contributed by atoms with Gasteiger partial charge in [-0.2, -0.15) is 8.42 Å². The predicted molar refractivity (Wildman–Crippen MR) is 101 cm³/mol. The highest BCUT2D eigenvalue weighted by Gasteiger charge is 2.23. The molecule has 0 unspecified atom stereocenters. The summed E-state index contributed by atoms with van der Waals surface area (Å²) in [4.78, 5) is 22.9. The summed E-state index contributed by atoms with van der Waals surface area (Å²) in [6.07, 6.45) is 0.880. The minimum absolute atomic E-state index is 0.135. The summed E-state index contributed by atoms with van der Waals surface area (Å²) in [6, 6.07) is 12.3. The molecule has 2 aromatic carbocycles. The monoisotopic (exact) mass is 387 g/mol. The molecule has 140 valence electrons. The van der Waals surface area contributed by atoms with E-state index in [0.717, 1.165) is 0 Å². The van der Waals surface area contributed by atoms with Crippen LogP contribution in [0.15, 0.2) is 57.8 Å². The van der Waals surface area contributed by atoms with Crippen LogP contribution in [0.2, 0.25) is 0 Å². The molecule has 0 radical (unpaired) electrons. The third-order valence-corrected chi connectivity index (χ3v) is 5.28.